The van der Waals surface area contributed by atoms with Crippen molar-refractivity contribution in [3.05, 3.63) is 71.8 Å². The van der Waals surface area contributed by atoms with Crippen molar-refractivity contribution in [2.75, 3.05) is 0 Å². The first kappa shape index (κ1) is 15.8. The molecule has 1 saturated heterocycles. The van der Waals surface area contributed by atoms with E-state index in [9.17, 15) is 5.11 Å². The first-order chi connectivity index (χ1) is 10.7. The predicted octanol–water partition coefficient (Wildman–Crippen LogP) is 5.11. The van der Waals surface area contributed by atoms with Crippen LogP contribution in [0.3, 0.4) is 0 Å². The Kier molecular flexibility index (Phi) is 5.03. The Labute approximate surface area is 138 Å². The summed E-state index contributed by atoms with van der Waals surface area (Å²) in [7, 11) is 0. The van der Waals surface area contributed by atoms with Gasteiger partial charge in [0.25, 0.3) is 0 Å². The number of aliphatic hydroxyl groups is 1. The second kappa shape index (κ2) is 7.00. The molecule has 2 unspecified atom stereocenters. The molecule has 0 saturated carbocycles. The van der Waals surface area contributed by atoms with Crippen molar-refractivity contribution in [2.24, 2.45) is 0 Å². The molecule has 1 aliphatic heterocycles. The Hall–Kier alpha value is -1.08. The molecule has 2 aromatic rings. The molecule has 1 heterocycles. The van der Waals surface area contributed by atoms with Crippen LogP contribution in [-0.2, 0) is 0 Å². The summed E-state index contributed by atoms with van der Waals surface area (Å²) in [6.45, 7) is 4.81. The zero-order valence-electron chi connectivity index (χ0n) is 13.4. The molecule has 2 heteroatoms. The van der Waals surface area contributed by atoms with E-state index in [1.165, 1.54) is 18.4 Å². The van der Waals surface area contributed by atoms with E-state index in [4.69, 9.17) is 0 Å². The summed E-state index contributed by atoms with van der Waals surface area (Å²) in [5.74, 6) is 0. The summed E-state index contributed by atoms with van der Waals surface area (Å²) < 4.78 is 0. The predicted molar refractivity (Wildman–Crippen MR) is 94.4 cm³/mol. The molecule has 4 atom stereocenters. The number of rotatable bonds is 4. The van der Waals surface area contributed by atoms with Gasteiger partial charge in [-0.05, 0) is 0 Å². The van der Waals surface area contributed by atoms with E-state index in [1.54, 1.807) is 0 Å². The molecule has 3 rings (SSSR count). The van der Waals surface area contributed by atoms with E-state index in [0.717, 1.165) is 15.2 Å². The van der Waals surface area contributed by atoms with Crippen molar-refractivity contribution in [1.82, 2.24) is 0 Å². The average molecular weight is 360 g/mol. The number of aliphatic hydroxyl groups excluding tert-OH is 1. The van der Waals surface area contributed by atoms with Gasteiger partial charge in [-0.1, -0.05) is 0 Å². The maximum atomic E-state index is 11.2. The van der Waals surface area contributed by atoms with Crippen LogP contribution in [0.15, 0.2) is 60.7 Å². The zero-order chi connectivity index (χ0) is 15.5. The third-order valence-corrected chi connectivity index (χ3v) is 12.0. The minimum absolute atomic E-state index is 0.302. The van der Waals surface area contributed by atoms with Gasteiger partial charge in [-0.3, -0.25) is 0 Å². The van der Waals surface area contributed by atoms with Crippen LogP contribution in [0.25, 0.3) is 0 Å². The Balaban J connectivity index is 2.00. The third kappa shape index (κ3) is 3.15. The molecule has 22 heavy (non-hydrogen) atoms. The SMILES string of the molecule is C[C@@H]1CC[C@@H](C)[Se+]1C(c1ccccc1)C(O)c1ccccc1. The molecule has 0 amide bonds. The van der Waals surface area contributed by atoms with Crippen LogP contribution in [0.2, 0.25) is 9.63 Å². The summed E-state index contributed by atoms with van der Waals surface area (Å²) >= 11 is -0.926. The van der Waals surface area contributed by atoms with Crippen LogP contribution < -0.4 is 0 Å². The summed E-state index contributed by atoms with van der Waals surface area (Å²) in [5.41, 5.74) is 2.39. The normalized spacial score (nSPS) is 25.0. The van der Waals surface area contributed by atoms with Gasteiger partial charge in [-0.15, -0.1) is 0 Å². The number of hydrogen-bond acceptors (Lipinski definition) is 1. The van der Waals surface area contributed by atoms with Crippen LogP contribution >= 0.6 is 0 Å². The molecule has 0 bridgehead atoms. The van der Waals surface area contributed by atoms with Crippen molar-refractivity contribution >= 4 is 13.9 Å². The van der Waals surface area contributed by atoms with E-state index in [2.05, 4.69) is 56.3 Å². The fraction of sp³-hybridized carbons (Fsp3) is 0.400. The van der Waals surface area contributed by atoms with Crippen LogP contribution in [-0.4, -0.2) is 19.0 Å². The maximum absolute atomic E-state index is 11.2. The standard InChI is InChI=1S/C20H25OSe/c1-15-13-14-16(2)22(15)20(18-11-7-4-8-12-18)19(21)17-9-5-3-6-10-17/h3-12,15-16,19-21H,13-14H2,1-2H3/q+1/t15-,16-,19?,20?/m1/s1. The molecule has 1 aliphatic rings. The molecule has 2 aromatic carbocycles. The molecule has 0 aliphatic carbocycles. The third-order valence-electron chi connectivity index (χ3n) is 4.76. The Morgan fingerprint density at radius 3 is 1.77 bits per heavy atom. The van der Waals surface area contributed by atoms with Gasteiger partial charge in [0.1, 0.15) is 0 Å². The molecular weight excluding hydrogens is 335 g/mol. The summed E-state index contributed by atoms with van der Waals surface area (Å²) in [6, 6.07) is 20.9. The quantitative estimate of drug-likeness (QED) is 0.751. The van der Waals surface area contributed by atoms with Crippen LogP contribution in [0.1, 0.15) is 48.7 Å². The van der Waals surface area contributed by atoms with Gasteiger partial charge in [0.05, 0.1) is 0 Å². The molecule has 0 radical (unpaired) electrons. The van der Waals surface area contributed by atoms with Gasteiger partial charge in [0.15, 0.2) is 0 Å². The van der Waals surface area contributed by atoms with E-state index >= 15 is 0 Å². The minimum atomic E-state index is -0.926. The average Bonchev–Trinajstić information content (AvgIpc) is 2.89. The van der Waals surface area contributed by atoms with Crippen molar-refractivity contribution in [3.63, 3.8) is 0 Å². The van der Waals surface area contributed by atoms with Gasteiger partial charge < -0.3 is 0 Å². The fourth-order valence-electron chi connectivity index (χ4n) is 3.59. The van der Waals surface area contributed by atoms with E-state index in [-0.39, 0.29) is 6.10 Å². The summed E-state index contributed by atoms with van der Waals surface area (Å²) in [6.07, 6.45) is 2.28. The first-order valence-electron chi connectivity index (χ1n) is 8.17. The van der Waals surface area contributed by atoms with E-state index in [1.807, 2.05) is 18.2 Å². The first-order valence-corrected chi connectivity index (χ1v) is 11.1. The van der Waals surface area contributed by atoms with Crippen molar-refractivity contribution < 1.29 is 5.11 Å². The monoisotopic (exact) mass is 361 g/mol. The Morgan fingerprint density at radius 2 is 1.27 bits per heavy atom. The van der Waals surface area contributed by atoms with Crippen molar-refractivity contribution in [3.8, 4) is 0 Å². The fourth-order valence-corrected chi connectivity index (χ4v) is 11.0. The van der Waals surface area contributed by atoms with E-state index < -0.39 is 13.9 Å². The van der Waals surface area contributed by atoms with Crippen LogP contribution in [0.5, 0.6) is 0 Å². The second-order valence-electron chi connectivity index (χ2n) is 6.29. The number of benzene rings is 2. The van der Waals surface area contributed by atoms with Gasteiger partial charge in [-0.25, -0.2) is 0 Å². The van der Waals surface area contributed by atoms with Crippen molar-refractivity contribution in [1.29, 1.82) is 0 Å². The molecule has 1 fully saturated rings. The molecule has 116 valence electrons. The number of hydrogen-bond donors (Lipinski definition) is 1. The topological polar surface area (TPSA) is 20.2 Å². The van der Waals surface area contributed by atoms with Gasteiger partial charge in [0, 0.05) is 0 Å². The second-order valence-corrected chi connectivity index (χ2v) is 12.4. The molecule has 1 nitrogen and oxygen atoms in total. The van der Waals surface area contributed by atoms with Gasteiger partial charge >= 0.3 is 138 Å². The molecule has 0 aromatic heterocycles. The Bertz CT molecular complexity index is 573. The van der Waals surface area contributed by atoms with Gasteiger partial charge in [0.2, 0.25) is 0 Å². The molecular formula is C20H25OSe+. The van der Waals surface area contributed by atoms with Crippen LogP contribution in [0.4, 0.5) is 0 Å². The summed E-state index contributed by atoms with van der Waals surface area (Å²) in [5, 5.41) is 11.2. The van der Waals surface area contributed by atoms with E-state index in [0.29, 0.717) is 4.82 Å². The van der Waals surface area contributed by atoms with Crippen molar-refractivity contribution in [2.45, 2.75) is 47.2 Å². The Morgan fingerprint density at radius 1 is 0.818 bits per heavy atom. The zero-order valence-corrected chi connectivity index (χ0v) is 15.1. The van der Waals surface area contributed by atoms with Gasteiger partial charge in [-0.2, -0.15) is 0 Å². The van der Waals surface area contributed by atoms with Crippen LogP contribution in [0, 0.1) is 0 Å². The molecule has 0 spiro atoms. The molecule has 1 N–H and O–H groups in total. The summed E-state index contributed by atoms with van der Waals surface area (Å²) in [4.78, 5) is 1.88.